The van der Waals surface area contributed by atoms with Crippen LogP contribution in [0.15, 0.2) is 77.4 Å². The lowest BCUT2D eigenvalue weighted by Gasteiger charge is -2.29. The zero-order chi connectivity index (χ0) is 27.8. The van der Waals surface area contributed by atoms with Crippen molar-refractivity contribution in [3.63, 3.8) is 0 Å². The normalized spacial score (nSPS) is 17.0. The van der Waals surface area contributed by atoms with Crippen molar-refractivity contribution in [1.82, 2.24) is 14.9 Å². The molecule has 2 atom stereocenters. The Morgan fingerprint density at radius 2 is 1.74 bits per heavy atom. The number of carbonyl (C=O) groups is 1. The largest absolute Gasteiger partial charge is 0.351 e. The maximum absolute atomic E-state index is 12.3. The predicted octanol–water partition coefficient (Wildman–Crippen LogP) is 7.33. The lowest BCUT2D eigenvalue weighted by molar-refractivity contribution is -0.118. The number of nitrogens with zero attached hydrogens (tertiary/aromatic N) is 3. The second-order valence-electron chi connectivity index (χ2n) is 10.3. The van der Waals surface area contributed by atoms with Crippen molar-refractivity contribution in [3.8, 4) is 5.69 Å². The molecule has 0 spiro atoms. The molecule has 1 aliphatic heterocycles. The molecule has 0 aliphatic carbocycles. The van der Waals surface area contributed by atoms with Gasteiger partial charge in [0, 0.05) is 45.0 Å². The molecule has 4 aromatic rings. The van der Waals surface area contributed by atoms with Crippen LogP contribution in [0.2, 0.25) is 0 Å². The molecular weight excluding hydrogens is 570 g/mol. The summed E-state index contributed by atoms with van der Waals surface area (Å²) in [7, 11) is 0. The molecule has 0 bridgehead atoms. The molecule has 0 radical (unpaired) electrons. The van der Waals surface area contributed by atoms with Gasteiger partial charge in [-0.1, -0.05) is 35.8 Å². The van der Waals surface area contributed by atoms with Gasteiger partial charge in [-0.2, -0.15) is 0 Å². The highest BCUT2D eigenvalue weighted by molar-refractivity contribution is 9.10. The third kappa shape index (κ3) is 5.23. The van der Waals surface area contributed by atoms with Crippen molar-refractivity contribution >= 4 is 50.5 Å². The summed E-state index contributed by atoms with van der Waals surface area (Å²) in [5.74, 6) is -0.0957. The summed E-state index contributed by atoms with van der Waals surface area (Å²) in [6, 6.07) is 22.4. The quantitative estimate of drug-likeness (QED) is 0.226. The molecule has 1 fully saturated rings. The molecule has 6 nitrogen and oxygen atoms in total. The van der Waals surface area contributed by atoms with E-state index >= 15 is 0 Å². The monoisotopic (exact) mass is 601 g/mol. The third-order valence-electron chi connectivity index (χ3n) is 7.24. The minimum atomic E-state index is -0.141. The minimum absolute atomic E-state index is 0.00214. The molecule has 1 aliphatic rings. The fourth-order valence-corrected chi connectivity index (χ4v) is 5.85. The molecule has 200 valence electrons. The Balaban J connectivity index is 1.61. The lowest BCUT2D eigenvalue weighted by Crippen LogP contribution is -2.29. The number of carbonyl (C=O) groups excluding carboxylic acids is 1. The number of thiocarbonyl (C=S) groups is 1. The van der Waals surface area contributed by atoms with Crippen LogP contribution in [0.3, 0.4) is 0 Å². The molecule has 5 rings (SSSR count). The van der Waals surface area contributed by atoms with E-state index in [-0.39, 0.29) is 23.9 Å². The maximum Gasteiger partial charge on any atom is 0.226 e. The molecule has 1 amide bonds. The highest BCUT2D eigenvalue weighted by atomic mass is 79.9. The fourth-order valence-electron chi connectivity index (χ4n) is 5.24. The number of amides is 1. The summed E-state index contributed by atoms with van der Waals surface area (Å²) in [4.78, 5) is 19.2. The maximum atomic E-state index is 12.3. The average Bonchev–Trinajstić information content (AvgIpc) is 3.41. The molecule has 3 heterocycles. The van der Waals surface area contributed by atoms with Gasteiger partial charge in [0.25, 0.3) is 0 Å². The molecule has 2 aromatic carbocycles. The Labute approximate surface area is 243 Å². The van der Waals surface area contributed by atoms with E-state index in [9.17, 15) is 4.79 Å². The van der Waals surface area contributed by atoms with E-state index in [4.69, 9.17) is 17.2 Å². The number of hydrogen-bond acceptors (Lipinski definition) is 3. The number of halogens is 1. The van der Waals surface area contributed by atoms with Gasteiger partial charge in [-0.05, 0) is 105 Å². The van der Waals surface area contributed by atoms with Gasteiger partial charge in [0.05, 0.1) is 17.8 Å². The van der Waals surface area contributed by atoms with Crippen LogP contribution in [0, 0.1) is 26.7 Å². The third-order valence-corrected chi connectivity index (χ3v) is 8.09. The van der Waals surface area contributed by atoms with Crippen molar-refractivity contribution in [1.29, 1.82) is 0 Å². The summed E-state index contributed by atoms with van der Waals surface area (Å²) < 4.78 is 3.33. The van der Waals surface area contributed by atoms with Crippen molar-refractivity contribution in [2.75, 3.05) is 10.2 Å². The molecule has 2 aromatic heterocycles. The van der Waals surface area contributed by atoms with Crippen LogP contribution in [0.25, 0.3) is 5.69 Å². The molecule has 1 saturated heterocycles. The molecule has 0 unspecified atom stereocenters. The zero-order valence-electron chi connectivity index (χ0n) is 22.7. The van der Waals surface area contributed by atoms with Crippen molar-refractivity contribution in [2.24, 2.45) is 5.92 Å². The van der Waals surface area contributed by atoms with Gasteiger partial charge in [0.1, 0.15) is 0 Å². The van der Waals surface area contributed by atoms with Gasteiger partial charge in [0.15, 0.2) is 5.11 Å². The highest BCUT2D eigenvalue weighted by Gasteiger charge is 2.42. The van der Waals surface area contributed by atoms with Crippen LogP contribution >= 0.6 is 28.1 Å². The van der Waals surface area contributed by atoms with Gasteiger partial charge in [-0.25, -0.2) is 0 Å². The van der Waals surface area contributed by atoms with Crippen LogP contribution < -0.4 is 15.5 Å². The Bertz CT molecular complexity index is 1530. The number of hydrogen-bond donors (Lipinski definition) is 2. The van der Waals surface area contributed by atoms with Crippen LogP contribution in [-0.2, 0) is 4.79 Å². The summed E-state index contributed by atoms with van der Waals surface area (Å²) in [6.07, 6.45) is 1.82. The smallest absolute Gasteiger partial charge is 0.226 e. The summed E-state index contributed by atoms with van der Waals surface area (Å²) in [5.41, 5.74) is 8.25. The van der Waals surface area contributed by atoms with E-state index in [0.29, 0.717) is 5.11 Å². The summed E-state index contributed by atoms with van der Waals surface area (Å²) >= 11 is 9.50. The minimum Gasteiger partial charge on any atom is -0.351 e. The van der Waals surface area contributed by atoms with Gasteiger partial charge < -0.3 is 20.1 Å². The number of aromatic nitrogens is 2. The van der Waals surface area contributed by atoms with E-state index in [1.54, 1.807) is 0 Å². The first-order valence-corrected chi connectivity index (χ1v) is 14.2. The molecule has 39 heavy (non-hydrogen) atoms. The van der Waals surface area contributed by atoms with Gasteiger partial charge in [0.2, 0.25) is 5.91 Å². The standard InChI is InChI=1S/C31H32BrN5OS/c1-18(2)30(38)34-26-14-13-24(16-19(26)3)37-29(28(35-31(37)39)27-8-6-7-15-33-27)25-17-20(4)36(21(25)5)23-11-9-22(32)10-12-23/h6-18,28-29H,1-5H3,(H,34,38)(H,35,39)/t28-,29-/m1/s1. The number of nitrogens with one attached hydrogen (secondary N) is 2. The Kier molecular flexibility index (Phi) is 7.60. The molecule has 0 saturated carbocycles. The first-order valence-electron chi connectivity index (χ1n) is 13.0. The number of aryl methyl sites for hydroxylation is 2. The Morgan fingerprint density at radius 3 is 2.38 bits per heavy atom. The van der Waals surface area contributed by atoms with Crippen LogP contribution in [0.5, 0.6) is 0 Å². The van der Waals surface area contributed by atoms with Crippen molar-refractivity contribution in [2.45, 2.75) is 46.7 Å². The molecule has 2 N–H and O–H groups in total. The van der Waals surface area contributed by atoms with E-state index in [1.165, 1.54) is 5.56 Å². The Morgan fingerprint density at radius 1 is 1.03 bits per heavy atom. The zero-order valence-corrected chi connectivity index (χ0v) is 25.1. The number of benzene rings is 2. The summed E-state index contributed by atoms with van der Waals surface area (Å²) in [5, 5.41) is 7.24. The van der Waals surface area contributed by atoms with E-state index in [2.05, 4.69) is 86.3 Å². The first-order chi connectivity index (χ1) is 18.7. The van der Waals surface area contributed by atoms with Crippen LogP contribution in [0.1, 0.15) is 54.1 Å². The van der Waals surface area contributed by atoms with E-state index in [0.717, 1.165) is 44.2 Å². The average molecular weight is 603 g/mol. The second-order valence-corrected chi connectivity index (χ2v) is 11.6. The Hall–Kier alpha value is -3.49. The second kappa shape index (κ2) is 10.9. The number of rotatable bonds is 6. The van der Waals surface area contributed by atoms with Crippen LogP contribution in [-0.4, -0.2) is 20.6 Å². The van der Waals surface area contributed by atoms with Crippen LogP contribution in [0.4, 0.5) is 11.4 Å². The van der Waals surface area contributed by atoms with Gasteiger partial charge >= 0.3 is 0 Å². The number of pyridine rings is 1. The van der Waals surface area contributed by atoms with Gasteiger partial charge in [-0.3, -0.25) is 9.78 Å². The molecule has 8 heteroatoms. The first kappa shape index (κ1) is 27.1. The fraction of sp³-hybridized carbons (Fsp3) is 0.258. The summed E-state index contributed by atoms with van der Waals surface area (Å²) in [6.45, 7) is 10.1. The van der Waals surface area contributed by atoms with Crippen molar-refractivity contribution < 1.29 is 4.79 Å². The predicted molar refractivity (Wildman–Crippen MR) is 166 cm³/mol. The van der Waals surface area contributed by atoms with E-state index in [1.807, 2.05) is 57.3 Å². The molecular formula is C31H32BrN5OS. The SMILES string of the molecule is Cc1cc(N2C(=S)N[C@H](c3ccccn3)[C@H]2c2cc(C)n(-c3ccc(Br)cc3)c2C)ccc1NC(=O)C(C)C. The van der Waals surface area contributed by atoms with Crippen molar-refractivity contribution in [3.05, 3.63) is 106 Å². The number of anilines is 2. The van der Waals surface area contributed by atoms with Gasteiger partial charge in [-0.15, -0.1) is 0 Å². The lowest BCUT2D eigenvalue weighted by atomic mass is 9.96. The van der Waals surface area contributed by atoms with E-state index < -0.39 is 0 Å². The topological polar surface area (TPSA) is 62.2 Å². The highest BCUT2D eigenvalue weighted by Crippen LogP contribution is 2.44.